The minimum Gasteiger partial charge on any atom is -0.478 e. The summed E-state index contributed by atoms with van der Waals surface area (Å²) in [5.74, 6) is -0.189. The number of aromatic carboxylic acids is 1. The minimum absolute atomic E-state index is 0.321. The van der Waals surface area contributed by atoms with Gasteiger partial charge in [-0.3, -0.25) is 0 Å². The van der Waals surface area contributed by atoms with Crippen LogP contribution in [0.1, 0.15) is 75.3 Å². The van der Waals surface area contributed by atoms with E-state index in [4.69, 9.17) is 0 Å². The van der Waals surface area contributed by atoms with Gasteiger partial charge in [-0.25, -0.2) is 9.78 Å². The number of pyridine rings is 1. The lowest BCUT2D eigenvalue weighted by molar-refractivity contribution is 0.0696. The van der Waals surface area contributed by atoms with E-state index in [-0.39, 0.29) is 0 Å². The Kier molecular flexibility index (Phi) is 7.80. The number of carbonyl (C=O) groups is 1. The van der Waals surface area contributed by atoms with Crippen molar-refractivity contribution < 1.29 is 9.90 Å². The normalized spacial score (nSPS) is 12.1. The zero-order chi connectivity index (χ0) is 15.7. The molecule has 0 aliphatic rings. The molecule has 4 nitrogen and oxygen atoms in total. The molecule has 0 aromatic carbocycles. The maximum atomic E-state index is 11.2. The van der Waals surface area contributed by atoms with Crippen LogP contribution in [0.25, 0.3) is 0 Å². The third-order valence-electron chi connectivity index (χ3n) is 3.53. The lowest BCUT2D eigenvalue weighted by Crippen LogP contribution is -2.20. The van der Waals surface area contributed by atoms with Crippen molar-refractivity contribution in [2.75, 3.05) is 5.32 Å². The standard InChI is InChI=1S/C17H28N2O2/c1-4-7-10-14(8-5-2)18-16-12-13(17(20)21)11-15(19-16)9-6-3/h11-12,14H,4-10H2,1-3H3,(H,18,19)(H,20,21). The SMILES string of the molecule is CCCCC(CCC)Nc1cc(C(=O)O)cc(CCC)n1. The summed E-state index contributed by atoms with van der Waals surface area (Å²) in [7, 11) is 0. The topological polar surface area (TPSA) is 62.2 Å². The van der Waals surface area contributed by atoms with Crippen LogP contribution < -0.4 is 5.32 Å². The van der Waals surface area contributed by atoms with E-state index in [1.807, 2.05) is 0 Å². The van der Waals surface area contributed by atoms with Gasteiger partial charge in [0.2, 0.25) is 0 Å². The van der Waals surface area contributed by atoms with Crippen molar-refractivity contribution in [3.63, 3.8) is 0 Å². The number of unbranched alkanes of at least 4 members (excludes halogenated alkanes) is 1. The molecule has 0 aliphatic carbocycles. The molecular formula is C17H28N2O2. The monoisotopic (exact) mass is 292 g/mol. The van der Waals surface area contributed by atoms with Crippen molar-refractivity contribution in [3.8, 4) is 0 Å². The molecule has 0 fully saturated rings. The van der Waals surface area contributed by atoms with Gasteiger partial charge in [-0.05, 0) is 31.4 Å². The maximum absolute atomic E-state index is 11.2. The molecular weight excluding hydrogens is 264 g/mol. The smallest absolute Gasteiger partial charge is 0.335 e. The number of carboxylic acid groups (broad SMARTS) is 1. The molecule has 1 aromatic heterocycles. The predicted molar refractivity (Wildman–Crippen MR) is 87.0 cm³/mol. The van der Waals surface area contributed by atoms with E-state index >= 15 is 0 Å². The second-order valence-corrected chi connectivity index (χ2v) is 5.56. The Bertz CT molecular complexity index is 446. The fraction of sp³-hybridized carbons (Fsp3) is 0.647. The zero-order valence-electron chi connectivity index (χ0n) is 13.5. The van der Waals surface area contributed by atoms with Gasteiger partial charge in [-0.15, -0.1) is 0 Å². The number of anilines is 1. The van der Waals surface area contributed by atoms with E-state index in [9.17, 15) is 9.90 Å². The molecule has 2 N–H and O–H groups in total. The fourth-order valence-corrected chi connectivity index (χ4v) is 2.47. The number of nitrogens with zero attached hydrogens (tertiary/aromatic N) is 1. The number of aryl methyl sites for hydroxylation is 1. The molecule has 0 amide bonds. The summed E-state index contributed by atoms with van der Waals surface area (Å²) in [5, 5.41) is 12.7. The minimum atomic E-state index is -0.890. The highest BCUT2D eigenvalue weighted by Crippen LogP contribution is 2.17. The second kappa shape index (κ2) is 9.37. The number of aromatic nitrogens is 1. The summed E-state index contributed by atoms with van der Waals surface area (Å²) in [6.07, 6.45) is 7.42. The Morgan fingerprint density at radius 2 is 1.95 bits per heavy atom. The third-order valence-corrected chi connectivity index (χ3v) is 3.53. The summed E-state index contributed by atoms with van der Waals surface area (Å²) in [6, 6.07) is 3.70. The van der Waals surface area contributed by atoms with E-state index < -0.39 is 5.97 Å². The van der Waals surface area contributed by atoms with Crippen LogP contribution in [0.3, 0.4) is 0 Å². The van der Waals surface area contributed by atoms with Crippen molar-refractivity contribution in [2.45, 2.75) is 71.8 Å². The number of hydrogen-bond donors (Lipinski definition) is 2. The molecule has 0 aliphatic heterocycles. The van der Waals surface area contributed by atoms with Gasteiger partial charge >= 0.3 is 5.97 Å². The molecule has 0 radical (unpaired) electrons. The van der Waals surface area contributed by atoms with Crippen LogP contribution in [-0.2, 0) is 6.42 Å². The summed E-state index contributed by atoms with van der Waals surface area (Å²) >= 11 is 0. The molecule has 1 heterocycles. The zero-order valence-corrected chi connectivity index (χ0v) is 13.5. The molecule has 1 atom stereocenters. The summed E-state index contributed by atoms with van der Waals surface area (Å²) in [6.45, 7) is 6.43. The van der Waals surface area contributed by atoms with Gasteiger partial charge in [0.15, 0.2) is 0 Å². The summed E-state index contributed by atoms with van der Waals surface area (Å²) < 4.78 is 0. The first-order valence-corrected chi connectivity index (χ1v) is 8.11. The average molecular weight is 292 g/mol. The first-order chi connectivity index (χ1) is 10.1. The number of rotatable bonds is 10. The van der Waals surface area contributed by atoms with Crippen molar-refractivity contribution in [2.24, 2.45) is 0 Å². The molecule has 1 unspecified atom stereocenters. The van der Waals surface area contributed by atoms with Gasteiger partial charge in [-0.1, -0.05) is 46.5 Å². The molecule has 118 valence electrons. The second-order valence-electron chi connectivity index (χ2n) is 5.56. The maximum Gasteiger partial charge on any atom is 0.335 e. The van der Waals surface area contributed by atoms with Gasteiger partial charge in [0.1, 0.15) is 5.82 Å². The highest BCUT2D eigenvalue weighted by molar-refractivity contribution is 5.88. The third kappa shape index (κ3) is 6.15. The molecule has 21 heavy (non-hydrogen) atoms. The van der Waals surface area contributed by atoms with Crippen LogP contribution >= 0.6 is 0 Å². The summed E-state index contributed by atoms with van der Waals surface area (Å²) in [5.41, 5.74) is 1.17. The lowest BCUT2D eigenvalue weighted by Gasteiger charge is -2.19. The van der Waals surface area contributed by atoms with Crippen LogP contribution in [0.5, 0.6) is 0 Å². The molecule has 0 spiro atoms. The molecule has 1 rings (SSSR count). The van der Waals surface area contributed by atoms with Crippen LogP contribution in [0, 0.1) is 0 Å². The van der Waals surface area contributed by atoms with Crippen LogP contribution in [0.2, 0.25) is 0 Å². The van der Waals surface area contributed by atoms with Crippen LogP contribution in [0.4, 0.5) is 5.82 Å². The highest BCUT2D eigenvalue weighted by Gasteiger charge is 2.12. The van der Waals surface area contributed by atoms with Crippen LogP contribution in [0.15, 0.2) is 12.1 Å². The lowest BCUT2D eigenvalue weighted by atomic mass is 10.0. The van der Waals surface area contributed by atoms with Gasteiger partial charge in [0, 0.05) is 11.7 Å². The average Bonchev–Trinajstić information content (AvgIpc) is 2.45. The molecule has 4 heteroatoms. The number of carboxylic acids is 1. The van der Waals surface area contributed by atoms with E-state index in [1.54, 1.807) is 12.1 Å². The Balaban J connectivity index is 2.89. The molecule has 1 aromatic rings. The molecule has 0 bridgehead atoms. The first-order valence-electron chi connectivity index (χ1n) is 8.11. The Morgan fingerprint density at radius 1 is 1.19 bits per heavy atom. The first kappa shape index (κ1) is 17.5. The van der Waals surface area contributed by atoms with E-state index in [0.717, 1.165) is 37.8 Å². The molecule has 0 saturated carbocycles. The highest BCUT2D eigenvalue weighted by atomic mass is 16.4. The molecule has 0 saturated heterocycles. The van der Waals surface area contributed by atoms with Gasteiger partial charge < -0.3 is 10.4 Å². The van der Waals surface area contributed by atoms with Crippen molar-refractivity contribution in [1.29, 1.82) is 0 Å². The summed E-state index contributed by atoms with van der Waals surface area (Å²) in [4.78, 5) is 15.8. The van der Waals surface area contributed by atoms with Gasteiger partial charge in [-0.2, -0.15) is 0 Å². The predicted octanol–water partition coefficient (Wildman–Crippen LogP) is 4.50. The fourth-order valence-electron chi connectivity index (χ4n) is 2.47. The van der Waals surface area contributed by atoms with E-state index in [1.165, 1.54) is 12.8 Å². The van der Waals surface area contributed by atoms with Crippen LogP contribution in [-0.4, -0.2) is 22.1 Å². The number of hydrogen-bond acceptors (Lipinski definition) is 3. The van der Waals surface area contributed by atoms with Crippen molar-refractivity contribution >= 4 is 11.8 Å². The Hall–Kier alpha value is -1.58. The van der Waals surface area contributed by atoms with Crippen molar-refractivity contribution in [3.05, 3.63) is 23.4 Å². The van der Waals surface area contributed by atoms with E-state index in [0.29, 0.717) is 17.4 Å². The van der Waals surface area contributed by atoms with Gasteiger partial charge in [0.25, 0.3) is 0 Å². The van der Waals surface area contributed by atoms with E-state index in [2.05, 4.69) is 31.1 Å². The largest absolute Gasteiger partial charge is 0.478 e. The quantitative estimate of drug-likeness (QED) is 0.666. The van der Waals surface area contributed by atoms with Crippen molar-refractivity contribution in [1.82, 2.24) is 4.98 Å². The Morgan fingerprint density at radius 3 is 2.52 bits per heavy atom. The number of nitrogens with one attached hydrogen (secondary N) is 1. The van der Waals surface area contributed by atoms with Gasteiger partial charge in [0.05, 0.1) is 5.56 Å². The Labute approximate surface area is 128 Å².